The number of hydrogen-bond donors (Lipinski definition) is 1. The molecule has 2 fully saturated rings. The maximum Gasteiger partial charge on any atom is 0.0170 e. The number of nitrogens with two attached hydrogens (primary N) is 1. The third kappa shape index (κ3) is 2.48. The summed E-state index contributed by atoms with van der Waals surface area (Å²) in [5.74, 6) is 1.86. The zero-order valence-corrected chi connectivity index (χ0v) is 9.41. The highest BCUT2D eigenvalue weighted by atomic mass is 15.2. The van der Waals surface area contributed by atoms with Gasteiger partial charge in [-0.05, 0) is 31.1 Å². The average molecular weight is 196 g/mol. The van der Waals surface area contributed by atoms with Crippen LogP contribution in [0.4, 0.5) is 0 Å². The van der Waals surface area contributed by atoms with Gasteiger partial charge in [0.2, 0.25) is 0 Å². The van der Waals surface area contributed by atoms with Crippen molar-refractivity contribution in [2.45, 2.75) is 45.1 Å². The third-order valence-electron chi connectivity index (χ3n) is 3.96. The van der Waals surface area contributed by atoms with Gasteiger partial charge in [-0.15, -0.1) is 0 Å². The molecule has 2 unspecified atom stereocenters. The topological polar surface area (TPSA) is 29.3 Å². The number of piperidine rings is 1. The molecule has 1 heterocycles. The van der Waals surface area contributed by atoms with E-state index in [1.807, 2.05) is 0 Å². The van der Waals surface area contributed by atoms with E-state index in [0.717, 1.165) is 18.4 Å². The Balaban J connectivity index is 1.78. The van der Waals surface area contributed by atoms with Crippen LogP contribution in [0.3, 0.4) is 0 Å². The molecule has 1 aliphatic carbocycles. The summed E-state index contributed by atoms with van der Waals surface area (Å²) < 4.78 is 0. The third-order valence-corrected chi connectivity index (χ3v) is 3.96. The van der Waals surface area contributed by atoms with Crippen LogP contribution in [0.2, 0.25) is 0 Å². The minimum Gasteiger partial charge on any atom is -0.327 e. The number of nitrogens with zero attached hydrogens (tertiary/aromatic N) is 1. The number of likely N-dealkylation sites (tertiary alicyclic amines) is 1. The molecule has 0 spiro atoms. The first-order chi connectivity index (χ1) is 6.78. The van der Waals surface area contributed by atoms with Gasteiger partial charge in [0, 0.05) is 25.7 Å². The maximum absolute atomic E-state index is 6.08. The van der Waals surface area contributed by atoms with E-state index in [0.29, 0.717) is 6.04 Å². The van der Waals surface area contributed by atoms with E-state index in [4.69, 9.17) is 5.73 Å². The summed E-state index contributed by atoms with van der Waals surface area (Å²) in [5, 5.41) is 0. The standard InChI is InChI=1S/C12H24N2/c1-2-10-6-12(13)9-14(7-10)8-11-4-3-5-11/h10-12H,2-9,13H2,1H3. The Bertz CT molecular complexity index is 175. The molecule has 2 heteroatoms. The highest BCUT2D eigenvalue weighted by Gasteiger charge is 2.27. The van der Waals surface area contributed by atoms with Gasteiger partial charge >= 0.3 is 0 Å². The van der Waals surface area contributed by atoms with E-state index < -0.39 is 0 Å². The molecule has 1 saturated heterocycles. The molecule has 2 N–H and O–H groups in total. The van der Waals surface area contributed by atoms with Gasteiger partial charge in [0.25, 0.3) is 0 Å². The molecule has 1 aliphatic heterocycles. The van der Waals surface area contributed by atoms with Crippen molar-refractivity contribution in [3.05, 3.63) is 0 Å². The predicted octanol–water partition coefficient (Wildman–Crippen LogP) is 1.85. The summed E-state index contributed by atoms with van der Waals surface area (Å²) >= 11 is 0. The van der Waals surface area contributed by atoms with Crippen molar-refractivity contribution in [2.75, 3.05) is 19.6 Å². The lowest BCUT2D eigenvalue weighted by molar-refractivity contribution is 0.111. The monoisotopic (exact) mass is 196 g/mol. The first-order valence-electron chi connectivity index (χ1n) is 6.26. The largest absolute Gasteiger partial charge is 0.327 e. The molecular weight excluding hydrogens is 172 g/mol. The molecule has 2 aliphatic rings. The van der Waals surface area contributed by atoms with Gasteiger partial charge < -0.3 is 10.6 Å². The van der Waals surface area contributed by atoms with Gasteiger partial charge in [-0.25, -0.2) is 0 Å². The smallest absolute Gasteiger partial charge is 0.0170 e. The first-order valence-corrected chi connectivity index (χ1v) is 6.26. The summed E-state index contributed by atoms with van der Waals surface area (Å²) in [6.45, 7) is 6.07. The lowest BCUT2D eigenvalue weighted by atomic mass is 9.84. The van der Waals surface area contributed by atoms with Crippen LogP contribution in [-0.2, 0) is 0 Å². The van der Waals surface area contributed by atoms with Crippen molar-refractivity contribution in [3.63, 3.8) is 0 Å². The number of hydrogen-bond acceptors (Lipinski definition) is 2. The second-order valence-corrected chi connectivity index (χ2v) is 5.29. The molecule has 14 heavy (non-hydrogen) atoms. The molecule has 0 bridgehead atoms. The Morgan fingerprint density at radius 3 is 2.57 bits per heavy atom. The van der Waals surface area contributed by atoms with Crippen molar-refractivity contribution in [2.24, 2.45) is 17.6 Å². The van der Waals surface area contributed by atoms with Crippen LogP contribution in [0.25, 0.3) is 0 Å². The van der Waals surface area contributed by atoms with Crippen molar-refractivity contribution >= 4 is 0 Å². The molecule has 2 nitrogen and oxygen atoms in total. The second-order valence-electron chi connectivity index (χ2n) is 5.29. The lowest BCUT2D eigenvalue weighted by Crippen LogP contribution is -2.48. The van der Waals surface area contributed by atoms with Crippen LogP contribution in [0, 0.1) is 11.8 Å². The average Bonchev–Trinajstić information content (AvgIpc) is 2.10. The van der Waals surface area contributed by atoms with Gasteiger partial charge in [0.05, 0.1) is 0 Å². The Hall–Kier alpha value is -0.0800. The Morgan fingerprint density at radius 1 is 1.21 bits per heavy atom. The van der Waals surface area contributed by atoms with Crippen LogP contribution in [0.1, 0.15) is 39.0 Å². The molecule has 2 rings (SSSR count). The summed E-state index contributed by atoms with van der Waals surface area (Å²) in [6.07, 6.45) is 6.93. The van der Waals surface area contributed by atoms with E-state index in [1.165, 1.54) is 45.2 Å². The minimum absolute atomic E-state index is 0.439. The summed E-state index contributed by atoms with van der Waals surface area (Å²) in [4.78, 5) is 2.62. The molecule has 2 atom stereocenters. The van der Waals surface area contributed by atoms with Crippen molar-refractivity contribution in [1.82, 2.24) is 4.90 Å². The van der Waals surface area contributed by atoms with Crippen LogP contribution in [0.5, 0.6) is 0 Å². The van der Waals surface area contributed by atoms with E-state index in [2.05, 4.69) is 11.8 Å². The van der Waals surface area contributed by atoms with Crippen molar-refractivity contribution in [1.29, 1.82) is 0 Å². The summed E-state index contributed by atoms with van der Waals surface area (Å²) in [6, 6.07) is 0.439. The predicted molar refractivity (Wildman–Crippen MR) is 60.2 cm³/mol. The minimum atomic E-state index is 0.439. The van der Waals surface area contributed by atoms with Gasteiger partial charge in [0.15, 0.2) is 0 Å². The van der Waals surface area contributed by atoms with Crippen molar-refractivity contribution < 1.29 is 0 Å². The molecular formula is C12H24N2. The normalized spacial score (nSPS) is 35.6. The zero-order valence-electron chi connectivity index (χ0n) is 9.41. The van der Waals surface area contributed by atoms with Crippen LogP contribution in [-0.4, -0.2) is 30.6 Å². The highest BCUT2D eigenvalue weighted by Crippen LogP contribution is 2.29. The van der Waals surface area contributed by atoms with Crippen LogP contribution >= 0.6 is 0 Å². The van der Waals surface area contributed by atoms with E-state index in [-0.39, 0.29) is 0 Å². The molecule has 1 saturated carbocycles. The first kappa shape index (κ1) is 10.4. The lowest BCUT2D eigenvalue weighted by Gasteiger charge is -2.39. The zero-order chi connectivity index (χ0) is 9.97. The van der Waals surface area contributed by atoms with Gasteiger partial charge in [-0.1, -0.05) is 19.8 Å². The fraction of sp³-hybridized carbons (Fsp3) is 1.00. The van der Waals surface area contributed by atoms with Crippen LogP contribution in [0.15, 0.2) is 0 Å². The fourth-order valence-electron chi connectivity index (χ4n) is 2.83. The van der Waals surface area contributed by atoms with Gasteiger partial charge in [0.1, 0.15) is 0 Å². The summed E-state index contributed by atoms with van der Waals surface area (Å²) in [5.41, 5.74) is 6.08. The molecule has 0 aromatic carbocycles. The van der Waals surface area contributed by atoms with Crippen LogP contribution < -0.4 is 5.73 Å². The fourth-order valence-corrected chi connectivity index (χ4v) is 2.83. The SMILES string of the molecule is CCC1CC(N)CN(CC2CCC2)C1. The van der Waals surface area contributed by atoms with E-state index >= 15 is 0 Å². The van der Waals surface area contributed by atoms with Crippen molar-refractivity contribution in [3.8, 4) is 0 Å². The quantitative estimate of drug-likeness (QED) is 0.746. The molecule has 82 valence electrons. The highest BCUT2D eigenvalue weighted by molar-refractivity contribution is 4.83. The second kappa shape index (κ2) is 4.63. The van der Waals surface area contributed by atoms with E-state index in [1.54, 1.807) is 0 Å². The molecule has 0 aromatic heterocycles. The van der Waals surface area contributed by atoms with E-state index in [9.17, 15) is 0 Å². The Labute approximate surface area is 87.8 Å². The number of rotatable bonds is 3. The van der Waals surface area contributed by atoms with Gasteiger partial charge in [-0.3, -0.25) is 0 Å². The van der Waals surface area contributed by atoms with Gasteiger partial charge in [-0.2, -0.15) is 0 Å². The maximum atomic E-state index is 6.08. The molecule has 0 radical (unpaired) electrons. The Kier molecular flexibility index (Phi) is 3.45. The molecule has 0 amide bonds. The Morgan fingerprint density at radius 2 is 2.00 bits per heavy atom. The molecule has 0 aromatic rings. The summed E-state index contributed by atoms with van der Waals surface area (Å²) in [7, 11) is 0.